The van der Waals surface area contributed by atoms with E-state index in [-0.39, 0.29) is 11.4 Å². The van der Waals surface area contributed by atoms with Crippen molar-refractivity contribution < 1.29 is 13.2 Å². The number of nitrogens with one attached hydrogen (secondary N) is 1. The molecule has 1 amide bonds. The Morgan fingerprint density at radius 1 is 1.07 bits per heavy atom. The van der Waals surface area contributed by atoms with E-state index in [0.29, 0.717) is 5.69 Å². The van der Waals surface area contributed by atoms with Crippen LogP contribution in [0.15, 0.2) is 64.6 Å². The lowest BCUT2D eigenvalue weighted by atomic mass is 10.1. The van der Waals surface area contributed by atoms with Crippen molar-refractivity contribution in [3.05, 3.63) is 60.2 Å². The quantitative estimate of drug-likeness (QED) is 0.736. The molecule has 0 spiro atoms. The number of piperidine rings is 1. The average molecular weight is 415 g/mol. The van der Waals surface area contributed by atoms with E-state index in [9.17, 15) is 13.2 Å². The maximum absolute atomic E-state index is 13.2. The molecule has 0 aliphatic carbocycles. The molecule has 1 aliphatic rings. The van der Waals surface area contributed by atoms with Crippen LogP contribution < -0.4 is 9.73 Å². The molecule has 0 radical (unpaired) electrons. The summed E-state index contributed by atoms with van der Waals surface area (Å²) < 4.78 is 27.5. The first-order valence-corrected chi connectivity index (χ1v) is 11.0. The van der Waals surface area contributed by atoms with Gasteiger partial charge in [-0.2, -0.15) is 5.10 Å². The van der Waals surface area contributed by atoms with Crippen LogP contribution in [0.3, 0.4) is 0 Å². The van der Waals surface area contributed by atoms with Crippen molar-refractivity contribution in [3.63, 3.8) is 0 Å². The molecule has 1 heterocycles. The SMILES string of the molecule is Cc1ccc(N(CC(=O)NN=C2CCN(C)CC2)S(=O)(=O)c2ccccc2)cc1. The number of carbonyl (C=O) groups excluding carboxylic acids is 1. The second-order valence-electron chi connectivity index (χ2n) is 7.18. The Balaban J connectivity index is 1.81. The highest BCUT2D eigenvalue weighted by molar-refractivity contribution is 7.92. The number of sulfonamides is 1. The lowest BCUT2D eigenvalue weighted by molar-refractivity contribution is -0.119. The van der Waals surface area contributed by atoms with E-state index in [4.69, 9.17) is 0 Å². The first kappa shape index (κ1) is 21.0. The Bertz CT molecular complexity index is 963. The van der Waals surface area contributed by atoms with Gasteiger partial charge in [0.05, 0.1) is 10.6 Å². The minimum atomic E-state index is -3.90. The molecule has 3 rings (SSSR count). The number of benzene rings is 2. The largest absolute Gasteiger partial charge is 0.306 e. The molecule has 0 bridgehead atoms. The van der Waals surface area contributed by atoms with Crippen LogP contribution in [-0.2, 0) is 14.8 Å². The number of nitrogens with zero attached hydrogens (tertiary/aromatic N) is 3. The monoisotopic (exact) mass is 414 g/mol. The highest BCUT2D eigenvalue weighted by Gasteiger charge is 2.27. The van der Waals surface area contributed by atoms with Crippen molar-refractivity contribution >= 4 is 27.3 Å². The molecule has 8 heteroatoms. The number of anilines is 1. The summed E-state index contributed by atoms with van der Waals surface area (Å²) in [6.45, 7) is 3.36. The van der Waals surface area contributed by atoms with Crippen LogP contribution >= 0.6 is 0 Å². The fourth-order valence-corrected chi connectivity index (χ4v) is 4.48. The lowest BCUT2D eigenvalue weighted by Gasteiger charge is -2.24. The normalized spacial score (nSPS) is 15.0. The van der Waals surface area contributed by atoms with Gasteiger partial charge in [-0.25, -0.2) is 13.8 Å². The van der Waals surface area contributed by atoms with E-state index < -0.39 is 15.9 Å². The van der Waals surface area contributed by atoms with E-state index >= 15 is 0 Å². The highest BCUT2D eigenvalue weighted by atomic mass is 32.2. The van der Waals surface area contributed by atoms with Crippen molar-refractivity contribution in [2.75, 3.05) is 31.0 Å². The van der Waals surface area contributed by atoms with Crippen LogP contribution in [0.4, 0.5) is 5.69 Å². The Morgan fingerprint density at radius 3 is 2.31 bits per heavy atom. The molecular weight excluding hydrogens is 388 g/mol. The number of likely N-dealkylation sites (tertiary alicyclic amines) is 1. The van der Waals surface area contributed by atoms with Crippen LogP contribution in [-0.4, -0.2) is 51.6 Å². The van der Waals surface area contributed by atoms with E-state index in [1.165, 1.54) is 12.1 Å². The summed E-state index contributed by atoms with van der Waals surface area (Å²) in [5.74, 6) is -0.475. The summed E-state index contributed by atoms with van der Waals surface area (Å²) in [7, 11) is -1.85. The van der Waals surface area contributed by atoms with Gasteiger partial charge in [0, 0.05) is 31.6 Å². The zero-order valence-electron chi connectivity index (χ0n) is 16.7. The predicted octanol–water partition coefficient (Wildman–Crippen LogP) is 2.39. The molecule has 154 valence electrons. The Labute approximate surface area is 172 Å². The second-order valence-corrected chi connectivity index (χ2v) is 9.04. The van der Waals surface area contributed by atoms with Gasteiger partial charge in [-0.3, -0.25) is 9.10 Å². The van der Waals surface area contributed by atoms with Gasteiger partial charge in [-0.05, 0) is 38.2 Å². The smallest absolute Gasteiger partial charge is 0.264 e. The molecule has 2 aromatic rings. The Kier molecular flexibility index (Phi) is 6.66. The molecule has 1 aliphatic heterocycles. The molecule has 0 atom stereocenters. The van der Waals surface area contributed by atoms with Crippen LogP contribution in [0.25, 0.3) is 0 Å². The average Bonchev–Trinajstić information content (AvgIpc) is 2.73. The van der Waals surface area contributed by atoms with Gasteiger partial charge in [0.1, 0.15) is 6.54 Å². The summed E-state index contributed by atoms with van der Waals surface area (Å²) in [6, 6.07) is 15.1. The fourth-order valence-electron chi connectivity index (χ4n) is 3.04. The number of amides is 1. The molecule has 7 nitrogen and oxygen atoms in total. The molecule has 1 saturated heterocycles. The minimum absolute atomic E-state index is 0.134. The number of rotatable bonds is 6. The van der Waals surface area contributed by atoms with Gasteiger partial charge in [0.2, 0.25) is 0 Å². The molecule has 0 unspecified atom stereocenters. The maximum atomic E-state index is 13.2. The van der Waals surface area contributed by atoms with E-state index in [1.807, 2.05) is 26.1 Å². The van der Waals surface area contributed by atoms with Crippen LogP contribution in [0.2, 0.25) is 0 Å². The standard InChI is InChI=1S/C21H26N4O3S/c1-17-8-10-19(11-9-17)25(29(27,28)20-6-4-3-5-7-20)16-21(26)23-22-18-12-14-24(2)15-13-18/h3-11H,12-16H2,1-2H3,(H,23,26). The molecule has 1 N–H and O–H groups in total. The molecule has 29 heavy (non-hydrogen) atoms. The van der Waals surface area contributed by atoms with Crippen molar-refractivity contribution in [1.82, 2.24) is 10.3 Å². The predicted molar refractivity (Wildman–Crippen MR) is 114 cm³/mol. The summed E-state index contributed by atoms with van der Waals surface area (Å²) in [4.78, 5) is 14.9. The van der Waals surface area contributed by atoms with Crippen LogP contribution in [0, 0.1) is 6.92 Å². The van der Waals surface area contributed by atoms with Crippen molar-refractivity contribution in [3.8, 4) is 0 Å². The van der Waals surface area contributed by atoms with E-state index in [1.54, 1.807) is 30.3 Å². The van der Waals surface area contributed by atoms with Crippen LogP contribution in [0.5, 0.6) is 0 Å². The van der Waals surface area contributed by atoms with Crippen LogP contribution in [0.1, 0.15) is 18.4 Å². The lowest BCUT2D eigenvalue weighted by Crippen LogP contribution is -2.40. The summed E-state index contributed by atoms with van der Waals surface area (Å²) >= 11 is 0. The van der Waals surface area contributed by atoms with Gasteiger partial charge >= 0.3 is 0 Å². The third-order valence-corrected chi connectivity index (χ3v) is 6.63. The summed E-state index contributed by atoms with van der Waals surface area (Å²) in [5, 5.41) is 4.20. The molecule has 0 saturated carbocycles. The Hall–Kier alpha value is -2.71. The molecular formula is C21H26N4O3S. The zero-order chi connectivity index (χ0) is 20.9. The number of carbonyl (C=O) groups is 1. The molecule has 1 fully saturated rings. The number of hydrogen-bond donors (Lipinski definition) is 1. The van der Waals surface area contributed by atoms with Crippen molar-refractivity contribution in [1.29, 1.82) is 0 Å². The number of aryl methyl sites for hydroxylation is 1. The highest BCUT2D eigenvalue weighted by Crippen LogP contribution is 2.23. The summed E-state index contributed by atoms with van der Waals surface area (Å²) in [5.41, 5.74) is 4.88. The number of hydrazone groups is 1. The third-order valence-electron chi connectivity index (χ3n) is 4.84. The number of hydrogen-bond acceptors (Lipinski definition) is 5. The van der Waals surface area contributed by atoms with Gasteiger partial charge in [-0.15, -0.1) is 0 Å². The van der Waals surface area contributed by atoms with E-state index in [2.05, 4.69) is 15.4 Å². The second kappa shape index (κ2) is 9.19. The fraction of sp³-hybridized carbons (Fsp3) is 0.333. The zero-order valence-corrected chi connectivity index (χ0v) is 17.5. The van der Waals surface area contributed by atoms with Gasteiger partial charge in [0.25, 0.3) is 15.9 Å². The van der Waals surface area contributed by atoms with Gasteiger partial charge < -0.3 is 4.90 Å². The molecule has 0 aromatic heterocycles. The first-order chi connectivity index (χ1) is 13.9. The van der Waals surface area contributed by atoms with Crippen molar-refractivity contribution in [2.45, 2.75) is 24.7 Å². The van der Waals surface area contributed by atoms with Gasteiger partial charge in [0.15, 0.2) is 0 Å². The van der Waals surface area contributed by atoms with Gasteiger partial charge in [-0.1, -0.05) is 35.9 Å². The Morgan fingerprint density at radius 2 is 1.69 bits per heavy atom. The van der Waals surface area contributed by atoms with Crippen molar-refractivity contribution in [2.24, 2.45) is 5.10 Å². The molecule has 2 aromatic carbocycles. The topological polar surface area (TPSA) is 82.1 Å². The third kappa shape index (κ3) is 5.42. The van der Waals surface area contributed by atoms with E-state index in [0.717, 1.165) is 41.5 Å². The summed E-state index contributed by atoms with van der Waals surface area (Å²) in [6.07, 6.45) is 1.58. The minimum Gasteiger partial charge on any atom is -0.306 e. The first-order valence-electron chi connectivity index (χ1n) is 9.53. The maximum Gasteiger partial charge on any atom is 0.264 e.